The van der Waals surface area contributed by atoms with Crippen LogP contribution in [0.5, 0.6) is 5.75 Å². The van der Waals surface area contributed by atoms with Gasteiger partial charge in [0.15, 0.2) is 0 Å². The van der Waals surface area contributed by atoms with Crippen molar-refractivity contribution in [2.75, 3.05) is 0 Å². The molecule has 0 spiro atoms. The molecule has 0 saturated carbocycles. The van der Waals surface area contributed by atoms with Crippen molar-refractivity contribution in [2.24, 2.45) is 0 Å². The van der Waals surface area contributed by atoms with Crippen LogP contribution in [0, 0.1) is 0 Å². The molecule has 0 unspecified atom stereocenters. The van der Waals surface area contributed by atoms with E-state index in [0.29, 0.717) is 5.75 Å². The third-order valence-corrected chi connectivity index (χ3v) is 0.756. The van der Waals surface area contributed by atoms with Gasteiger partial charge in [-0.3, -0.25) is 0 Å². The maximum atomic E-state index is 8.63. The van der Waals surface area contributed by atoms with Gasteiger partial charge in [-0.25, -0.2) is 0 Å². The smallest absolute Gasteiger partial charge is 1.00 e. The van der Waals surface area contributed by atoms with Gasteiger partial charge in [-0.1, -0.05) is 18.2 Å². The number of rotatable bonds is 0. The summed E-state index contributed by atoms with van der Waals surface area (Å²) in [6.45, 7) is 0. The normalized spacial score (nSPS) is 5.00. The van der Waals surface area contributed by atoms with Crippen LogP contribution in [0.4, 0.5) is 0 Å². The Bertz CT molecular complexity index is 149. The van der Waals surface area contributed by atoms with Gasteiger partial charge in [-0.15, -0.1) is 0 Å². The summed E-state index contributed by atoms with van der Waals surface area (Å²) in [7, 11) is 0. The van der Waals surface area contributed by atoms with E-state index in [9.17, 15) is 0 Å². The molecule has 0 saturated heterocycles. The second-order valence-corrected chi connectivity index (χ2v) is 1.34. The Kier molecular flexibility index (Phi) is 43.8. The van der Waals surface area contributed by atoms with E-state index >= 15 is 0 Å². The maximum absolute atomic E-state index is 8.63. The van der Waals surface area contributed by atoms with Crippen LogP contribution in [0.25, 0.3) is 0 Å². The molecule has 0 fully saturated rings. The van der Waals surface area contributed by atoms with E-state index in [4.69, 9.17) is 5.11 Å². The average molecular weight is 327 g/mol. The Morgan fingerprint density at radius 3 is 1.25 bits per heavy atom. The van der Waals surface area contributed by atoms with Gasteiger partial charge >= 0.3 is 26.2 Å². The van der Waals surface area contributed by atoms with Gasteiger partial charge in [-0.05, 0) is 12.1 Å². The summed E-state index contributed by atoms with van der Waals surface area (Å²) in [6, 6.07) is 8.71. The quantitative estimate of drug-likeness (QED) is 0.502. The Hall–Kier alpha value is 1.06. The maximum Gasteiger partial charge on any atom is 4.00 e. The minimum Gasteiger partial charge on any atom is -1.00 e. The molecule has 0 bridgehead atoms. The van der Waals surface area contributed by atoms with Crippen LogP contribution < -0.4 is 49.6 Å². The zero-order valence-corrected chi connectivity index (χ0v) is 11.3. The molecule has 12 heavy (non-hydrogen) atoms. The number of hydrogen-bond acceptors (Lipinski definition) is 1. The van der Waals surface area contributed by atoms with Crippen LogP contribution in [-0.4, -0.2) is 5.11 Å². The van der Waals surface area contributed by atoms with Crippen LogP contribution >= 0.6 is 0 Å². The van der Waals surface area contributed by atoms with Gasteiger partial charge in [0.25, 0.3) is 0 Å². The predicted molar refractivity (Wildman–Crippen MR) is 28.1 cm³/mol. The van der Waals surface area contributed by atoms with Crippen LogP contribution in [-0.2, 0) is 26.2 Å². The molecule has 0 atom stereocenters. The first-order valence-electron chi connectivity index (χ1n) is 2.13. The van der Waals surface area contributed by atoms with Crippen molar-refractivity contribution in [3.8, 4) is 5.75 Å². The molecule has 1 aromatic carbocycles. The molecule has 6 heteroatoms. The van der Waals surface area contributed by atoms with Crippen molar-refractivity contribution in [3.05, 3.63) is 30.3 Å². The SMILES string of the molecule is Oc1ccccc1.[Cl-].[Cl-].[Cl-].[Cl-].[Zr+4]. The van der Waals surface area contributed by atoms with Crippen molar-refractivity contribution >= 4 is 0 Å². The van der Waals surface area contributed by atoms with E-state index in [1.165, 1.54) is 0 Å². The monoisotopic (exact) mass is 324 g/mol. The zero-order chi connectivity index (χ0) is 5.11. The number of benzene rings is 1. The molecule has 0 radical (unpaired) electrons. The second-order valence-electron chi connectivity index (χ2n) is 1.34. The first kappa shape index (κ1) is 29.2. The number of aromatic hydroxyl groups is 1. The Balaban J connectivity index is -0.0000000327. The van der Waals surface area contributed by atoms with E-state index in [1.54, 1.807) is 24.3 Å². The van der Waals surface area contributed by atoms with Crippen LogP contribution in [0.2, 0.25) is 0 Å². The standard InChI is InChI=1S/C6H6O.4ClH.Zr/c7-6-4-2-1-3-5-6;;;;;/h1-5,7H;4*1H;/q;;;;;+4/p-4. The van der Waals surface area contributed by atoms with Crippen LogP contribution in [0.1, 0.15) is 0 Å². The molecule has 0 aliphatic rings. The van der Waals surface area contributed by atoms with Gasteiger partial charge in [-0.2, -0.15) is 0 Å². The fourth-order valence-electron chi connectivity index (χ4n) is 0.428. The van der Waals surface area contributed by atoms with Crippen molar-refractivity contribution in [3.63, 3.8) is 0 Å². The van der Waals surface area contributed by atoms with Crippen LogP contribution in [0.15, 0.2) is 30.3 Å². The molecule has 1 aromatic rings. The van der Waals surface area contributed by atoms with E-state index in [-0.39, 0.29) is 75.8 Å². The van der Waals surface area contributed by atoms with E-state index < -0.39 is 0 Å². The van der Waals surface area contributed by atoms with Gasteiger partial charge in [0.2, 0.25) is 0 Å². The Labute approximate surface area is 116 Å². The third kappa shape index (κ3) is 13.6. The number of para-hydroxylation sites is 1. The molecule has 0 amide bonds. The van der Waals surface area contributed by atoms with Gasteiger partial charge in [0.05, 0.1) is 0 Å². The molecule has 0 aromatic heterocycles. The summed E-state index contributed by atoms with van der Waals surface area (Å²) in [5.74, 6) is 0.322. The number of phenols is 1. The summed E-state index contributed by atoms with van der Waals surface area (Å²) >= 11 is 0. The summed E-state index contributed by atoms with van der Waals surface area (Å²) in [5.41, 5.74) is 0. The van der Waals surface area contributed by atoms with Gasteiger partial charge in [0, 0.05) is 0 Å². The molecule has 1 N–H and O–H groups in total. The molecular formula is C6H6Cl4OZr. The molecule has 1 nitrogen and oxygen atoms in total. The fraction of sp³-hybridized carbons (Fsp3) is 0. The second kappa shape index (κ2) is 18.0. The number of hydrogen-bond donors (Lipinski definition) is 1. The van der Waals surface area contributed by atoms with E-state index in [1.807, 2.05) is 6.07 Å². The Morgan fingerprint density at radius 1 is 0.750 bits per heavy atom. The number of phenolic OH excluding ortho intramolecular Hbond substituents is 1. The van der Waals surface area contributed by atoms with Crippen molar-refractivity contribution in [1.82, 2.24) is 0 Å². The van der Waals surface area contributed by atoms with Gasteiger partial charge < -0.3 is 54.7 Å². The summed E-state index contributed by atoms with van der Waals surface area (Å²) < 4.78 is 0. The summed E-state index contributed by atoms with van der Waals surface area (Å²) in [5, 5.41) is 8.63. The summed E-state index contributed by atoms with van der Waals surface area (Å²) in [6.07, 6.45) is 0. The molecule has 0 aliphatic carbocycles. The minimum absolute atomic E-state index is 0. The number of halogens is 4. The summed E-state index contributed by atoms with van der Waals surface area (Å²) in [4.78, 5) is 0. The molecular weight excluding hydrogens is 321 g/mol. The average Bonchev–Trinajstić information content (AvgIpc) is 1.69. The molecule has 0 heterocycles. The van der Waals surface area contributed by atoms with Crippen molar-refractivity contribution in [2.45, 2.75) is 0 Å². The third-order valence-electron chi connectivity index (χ3n) is 0.756. The van der Waals surface area contributed by atoms with Crippen LogP contribution in [0.3, 0.4) is 0 Å². The largest absolute Gasteiger partial charge is 4.00 e. The molecule has 0 aliphatic heterocycles. The molecule has 1 rings (SSSR count). The van der Waals surface area contributed by atoms with Gasteiger partial charge in [0.1, 0.15) is 5.75 Å². The first-order chi connectivity index (χ1) is 3.39. The minimum atomic E-state index is 0. The topological polar surface area (TPSA) is 20.2 Å². The van der Waals surface area contributed by atoms with E-state index in [0.717, 1.165) is 0 Å². The Morgan fingerprint density at radius 2 is 1.08 bits per heavy atom. The van der Waals surface area contributed by atoms with Crippen molar-refractivity contribution < 1.29 is 80.9 Å². The van der Waals surface area contributed by atoms with Crippen molar-refractivity contribution in [1.29, 1.82) is 0 Å². The first-order valence-corrected chi connectivity index (χ1v) is 2.13. The predicted octanol–water partition coefficient (Wildman–Crippen LogP) is -10.6. The zero-order valence-electron chi connectivity index (χ0n) is 5.85. The fourth-order valence-corrected chi connectivity index (χ4v) is 0.428. The molecule has 68 valence electrons. The van der Waals surface area contributed by atoms with E-state index in [2.05, 4.69) is 0 Å².